The summed E-state index contributed by atoms with van der Waals surface area (Å²) in [5.74, 6) is -0.817. The molecule has 6 nitrogen and oxygen atoms in total. The van der Waals surface area contributed by atoms with Crippen LogP contribution in [-0.2, 0) is 22.7 Å². The number of amides is 2. The lowest BCUT2D eigenvalue weighted by molar-refractivity contribution is -0.137. The van der Waals surface area contributed by atoms with E-state index in [1.165, 1.54) is 17.9 Å². The summed E-state index contributed by atoms with van der Waals surface area (Å²) < 4.78 is 13.8. The minimum atomic E-state index is -0.679. The fourth-order valence-electron chi connectivity index (χ4n) is 2.92. The third-order valence-corrected chi connectivity index (χ3v) is 4.05. The van der Waals surface area contributed by atoms with Gasteiger partial charge in [-0.1, -0.05) is 6.07 Å². The number of β-amino-alcohol motifs (C(OH)–C–C–N with tert-alkyl or cyclic N) is 1. The number of nitrogens with one attached hydrogen (secondary N) is 1. The number of nitrogens with zero attached hydrogens (tertiary/aromatic N) is 2. The molecule has 2 atom stereocenters. The van der Waals surface area contributed by atoms with Gasteiger partial charge in [0.25, 0.3) is 0 Å². The van der Waals surface area contributed by atoms with E-state index in [0.717, 1.165) is 5.56 Å². The van der Waals surface area contributed by atoms with Crippen LogP contribution in [0.15, 0.2) is 18.2 Å². The molecule has 1 heterocycles. The standard InChI is InChI=1S/C17H24FN3O3/c1-11(22)21-10-14(23)7-16(21)17(24)19-8-12-4-5-15(18)13(6-12)9-20(2)3/h4-6,14,16,23H,7-10H2,1-3H3,(H,19,24)/t14-,16-/m1/s1. The highest BCUT2D eigenvalue weighted by Gasteiger charge is 2.37. The van der Waals surface area contributed by atoms with E-state index < -0.39 is 12.1 Å². The molecule has 2 rings (SSSR count). The van der Waals surface area contributed by atoms with Gasteiger partial charge in [-0.05, 0) is 31.8 Å². The molecule has 1 aliphatic rings. The maximum atomic E-state index is 13.8. The molecule has 24 heavy (non-hydrogen) atoms. The van der Waals surface area contributed by atoms with E-state index in [4.69, 9.17) is 0 Å². The van der Waals surface area contributed by atoms with Crippen LogP contribution >= 0.6 is 0 Å². The smallest absolute Gasteiger partial charge is 0.243 e. The topological polar surface area (TPSA) is 72.9 Å². The predicted octanol–water partition coefficient (Wildman–Crippen LogP) is 0.485. The highest BCUT2D eigenvalue weighted by Crippen LogP contribution is 2.18. The van der Waals surface area contributed by atoms with Crippen molar-refractivity contribution in [3.8, 4) is 0 Å². The fourth-order valence-corrected chi connectivity index (χ4v) is 2.92. The summed E-state index contributed by atoms with van der Waals surface area (Å²) in [6.07, 6.45) is -0.442. The maximum Gasteiger partial charge on any atom is 0.243 e. The molecule has 0 radical (unpaired) electrons. The zero-order valence-corrected chi connectivity index (χ0v) is 14.3. The second kappa shape index (κ2) is 7.72. The molecule has 1 fully saturated rings. The molecule has 0 aliphatic carbocycles. The molecule has 0 aromatic heterocycles. The summed E-state index contributed by atoms with van der Waals surface area (Å²) in [6, 6.07) is 4.09. The Hall–Kier alpha value is -1.99. The first kappa shape index (κ1) is 18.4. The lowest BCUT2D eigenvalue weighted by atomic mass is 10.1. The molecule has 0 saturated carbocycles. The highest BCUT2D eigenvalue weighted by atomic mass is 19.1. The molecule has 2 amide bonds. The zero-order chi connectivity index (χ0) is 17.9. The van der Waals surface area contributed by atoms with Gasteiger partial charge in [-0.25, -0.2) is 4.39 Å². The average molecular weight is 337 g/mol. The number of aliphatic hydroxyl groups excluding tert-OH is 1. The summed E-state index contributed by atoms with van der Waals surface area (Å²) in [7, 11) is 3.71. The number of halogens is 1. The molecular formula is C17H24FN3O3. The third-order valence-electron chi connectivity index (χ3n) is 4.05. The van der Waals surface area contributed by atoms with E-state index in [1.807, 2.05) is 19.0 Å². The van der Waals surface area contributed by atoms with E-state index in [0.29, 0.717) is 12.1 Å². The van der Waals surface area contributed by atoms with Gasteiger partial charge in [0, 0.05) is 38.5 Å². The molecule has 1 saturated heterocycles. The Morgan fingerprint density at radius 1 is 1.42 bits per heavy atom. The van der Waals surface area contributed by atoms with Gasteiger partial charge in [-0.2, -0.15) is 0 Å². The molecular weight excluding hydrogens is 313 g/mol. The molecule has 1 aromatic rings. The van der Waals surface area contributed by atoms with Gasteiger partial charge in [0.15, 0.2) is 0 Å². The van der Waals surface area contributed by atoms with Crippen molar-refractivity contribution in [3.05, 3.63) is 35.1 Å². The Labute approximate surface area is 141 Å². The van der Waals surface area contributed by atoms with Crippen molar-refractivity contribution in [3.63, 3.8) is 0 Å². The minimum absolute atomic E-state index is 0.178. The normalized spacial score (nSPS) is 20.5. The Kier molecular flexibility index (Phi) is 5.90. The maximum absolute atomic E-state index is 13.8. The second-order valence-corrected chi connectivity index (χ2v) is 6.46. The highest BCUT2D eigenvalue weighted by molar-refractivity contribution is 5.87. The molecule has 7 heteroatoms. The van der Waals surface area contributed by atoms with Crippen molar-refractivity contribution >= 4 is 11.8 Å². The van der Waals surface area contributed by atoms with Crippen LogP contribution in [0.2, 0.25) is 0 Å². The van der Waals surface area contributed by atoms with Gasteiger partial charge in [0.05, 0.1) is 6.10 Å². The molecule has 0 bridgehead atoms. The monoisotopic (exact) mass is 337 g/mol. The van der Waals surface area contributed by atoms with Gasteiger partial charge < -0.3 is 20.2 Å². The number of rotatable bonds is 5. The quantitative estimate of drug-likeness (QED) is 0.820. The molecule has 132 valence electrons. The minimum Gasteiger partial charge on any atom is -0.391 e. The van der Waals surface area contributed by atoms with Crippen LogP contribution in [0.4, 0.5) is 4.39 Å². The lowest BCUT2D eigenvalue weighted by Gasteiger charge is -2.22. The van der Waals surface area contributed by atoms with Gasteiger partial charge >= 0.3 is 0 Å². The molecule has 1 aliphatic heterocycles. The SMILES string of the molecule is CC(=O)N1C[C@H](O)C[C@@H]1C(=O)NCc1ccc(F)c(CN(C)C)c1. The number of hydrogen-bond acceptors (Lipinski definition) is 4. The average Bonchev–Trinajstić information content (AvgIpc) is 2.89. The number of hydrogen-bond donors (Lipinski definition) is 2. The van der Waals surface area contributed by atoms with Crippen LogP contribution in [0.25, 0.3) is 0 Å². The van der Waals surface area contributed by atoms with Crippen LogP contribution in [0, 0.1) is 5.82 Å². The van der Waals surface area contributed by atoms with Crippen molar-refractivity contribution in [1.82, 2.24) is 15.1 Å². The molecule has 1 aromatic carbocycles. The van der Waals surface area contributed by atoms with E-state index in [1.54, 1.807) is 12.1 Å². The summed E-state index contributed by atoms with van der Waals surface area (Å²) in [5.41, 5.74) is 1.35. The Morgan fingerprint density at radius 2 is 2.12 bits per heavy atom. The number of benzene rings is 1. The largest absolute Gasteiger partial charge is 0.391 e. The molecule has 0 unspecified atom stereocenters. The van der Waals surface area contributed by atoms with Gasteiger partial charge in [0.1, 0.15) is 11.9 Å². The van der Waals surface area contributed by atoms with E-state index in [-0.39, 0.29) is 37.1 Å². The Bertz CT molecular complexity index is 621. The summed E-state index contributed by atoms with van der Waals surface area (Å²) >= 11 is 0. The van der Waals surface area contributed by atoms with Crippen molar-refractivity contribution < 1.29 is 19.1 Å². The van der Waals surface area contributed by atoms with Crippen molar-refractivity contribution in [2.75, 3.05) is 20.6 Å². The van der Waals surface area contributed by atoms with Crippen LogP contribution < -0.4 is 5.32 Å². The predicted molar refractivity (Wildman–Crippen MR) is 87.4 cm³/mol. The first-order valence-electron chi connectivity index (χ1n) is 7.93. The van der Waals surface area contributed by atoms with Crippen LogP contribution in [0.5, 0.6) is 0 Å². The van der Waals surface area contributed by atoms with Crippen LogP contribution in [0.1, 0.15) is 24.5 Å². The van der Waals surface area contributed by atoms with Gasteiger partial charge in [-0.15, -0.1) is 0 Å². The Morgan fingerprint density at radius 3 is 2.75 bits per heavy atom. The van der Waals surface area contributed by atoms with Gasteiger partial charge in [0.2, 0.25) is 11.8 Å². The van der Waals surface area contributed by atoms with Crippen molar-refractivity contribution in [1.29, 1.82) is 0 Å². The van der Waals surface area contributed by atoms with Gasteiger partial charge in [-0.3, -0.25) is 9.59 Å². The molecule has 0 spiro atoms. The van der Waals surface area contributed by atoms with E-state index in [2.05, 4.69) is 5.32 Å². The van der Waals surface area contributed by atoms with Crippen molar-refractivity contribution in [2.24, 2.45) is 0 Å². The number of aliphatic hydroxyl groups is 1. The summed E-state index contributed by atoms with van der Waals surface area (Å²) in [4.78, 5) is 27.1. The first-order chi connectivity index (χ1) is 11.3. The first-order valence-corrected chi connectivity index (χ1v) is 7.93. The van der Waals surface area contributed by atoms with Crippen molar-refractivity contribution in [2.45, 2.75) is 38.6 Å². The van der Waals surface area contributed by atoms with Crippen LogP contribution in [-0.4, -0.2) is 59.5 Å². The van der Waals surface area contributed by atoms with E-state index in [9.17, 15) is 19.1 Å². The third kappa shape index (κ3) is 4.52. The Balaban J connectivity index is 2.00. The summed E-state index contributed by atoms with van der Waals surface area (Å²) in [6.45, 7) is 2.28. The molecule has 2 N–H and O–H groups in total. The number of carbonyl (C=O) groups excluding carboxylic acids is 2. The van der Waals surface area contributed by atoms with E-state index >= 15 is 0 Å². The second-order valence-electron chi connectivity index (χ2n) is 6.46. The lowest BCUT2D eigenvalue weighted by Crippen LogP contribution is -2.44. The zero-order valence-electron chi connectivity index (χ0n) is 14.3. The number of likely N-dealkylation sites (tertiary alicyclic amines) is 1. The fraction of sp³-hybridized carbons (Fsp3) is 0.529. The summed E-state index contributed by atoms with van der Waals surface area (Å²) in [5, 5.41) is 12.4. The number of carbonyl (C=O) groups is 2. The van der Waals surface area contributed by atoms with Crippen LogP contribution in [0.3, 0.4) is 0 Å².